The van der Waals surface area contributed by atoms with Crippen molar-refractivity contribution in [1.82, 2.24) is 19.5 Å². The number of aryl methyl sites for hydroxylation is 1. The normalized spacial score (nSPS) is 11.4. The molecular formula is C22H16F3N5O5. The SMILES string of the molecule is Cc1cc2[nH]c(=O)c(C(=O)O)nc2cc1-n1cnc(COC(=O)Nc2ccc(C(F)(F)F)cc2)c1. The summed E-state index contributed by atoms with van der Waals surface area (Å²) < 4.78 is 44.5. The third kappa shape index (κ3) is 5.13. The number of carboxylic acid groups (broad SMARTS) is 1. The summed E-state index contributed by atoms with van der Waals surface area (Å²) in [6.07, 6.45) is -2.34. The fourth-order valence-corrected chi connectivity index (χ4v) is 3.26. The summed E-state index contributed by atoms with van der Waals surface area (Å²) in [7, 11) is 0. The number of amides is 1. The Morgan fingerprint density at radius 2 is 1.91 bits per heavy atom. The van der Waals surface area contributed by atoms with Gasteiger partial charge in [-0.05, 0) is 48.9 Å². The quantitative estimate of drug-likeness (QED) is 0.388. The minimum absolute atomic E-state index is 0.131. The van der Waals surface area contributed by atoms with E-state index in [0.717, 1.165) is 29.8 Å². The van der Waals surface area contributed by atoms with Crippen LogP contribution < -0.4 is 10.9 Å². The molecule has 2 heterocycles. The number of hydrogen-bond acceptors (Lipinski definition) is 6. The number of aromatic carboxylic acids is 1. The fourth-order valence-electron chi connectivity index (χ4n) is 3.26. The summed E-state index contributed by atoms with van der Waals surface area (Å²) in [4.78, 5) is 45.6. The second kappa shape index (κ2) is 8.93. The number of fused-ring (bicyclic) bond motifs is 1. The van der Waals surface area contributed by atoms with Gasteiger partial charge in [0.15, 0.2) is 0 Å². The van der Waals surface area contributed by atoms with E-state index in [1.807, 2.05) is 0 Å². The Morgan fingerprint density at radius 1 is 1.20 bits per heavy atom. The average molecular weight is 487 g/mol. The molecule has 0 fully saturated rings. The number of nitrogens with zero attached hydrogens (tertiary/aromatic N) is 3. The standard InChI is InChI=1S/C22H16F3N5O5/c1-11-6-15-16(28-18(20(32)33)19(31)29-15)7-17(11)30-8-14(26-10-30)9-35-21(34)27-13-4-2-12(3-5-13)22(23,24)25/h2-8,10H,9H2,1H3,(H,27,34)(H,29,31)(H,32,33). The number of benzene rings is 2. The number of halogens is 3. The largest absolute Gasteiger partial charge is 0.476 e. The molecule has 1 amide bonds. The van der Waals surface area contributed by atoms with Gasteiger partial charge < -0.3 is 19.4 Å². The van der Waals surface area contributed by atoms with Crippen LogP contribution in [0.4, 0.5) is 23.7 Å². The van der Waals surface area contributed by atoms with E-state index >= 15 is 0 Å². The van der Waals surface area contributed by atoms with E-state index in [2.05, 4.69) is 20.3 Å². The Balaban J connectivity index is 1.46. The number of ether oxygens (including phenoxy) is 1. The molecule has 2 aromatic carbocycles. The zero-order valence-corrected chi connectivity index (χ0v) is 17.9. The number of H-pyrrole nitrogens is 1. The van der Waals surface area contributed by atoms with Gasteiger partial charge in [0.1, 0.15) is 6.61 Å². The topological polar surface area (TPSA) is 139 Å². The summed E-state index contributed by atoms with van der Waals surface area (Å²) in [6, 6.07) is 7.12. The highest BCUT2D eigenvalue weighted by molar-refractivity contribution is 5.88. The number of anilines is 1. The number of imidazole rings is 1. The van der Waals surface area contributed by atoms with Gasteiger partial charge in [-0.2, -0.15) is 13.2 Å². The van der Waals surface area contributed by atoms with Gasteiger partial charge in [-0.1, -0.05) is 0 Å². The first-order chi connectivity index (χ1) is 16.5. The van der Waals surface area contributed by atoms with Crippen molar-refractivity contribution in [2.24, 2.45) is 0 Å². The molecule has 13 heteroatoms. The van der Waals surface area contributed by atoms with Crippen LogP contribution in [0.25, 0.3) is 16.7 Å². The smallest absolute Gasteiger partial charge is 0.416 e. The lowest BCUT2D eigenvalue weighted by Gasteiger charge is -2.09. The number of alkyl halides is 3. The average Bonchev–Trinajstić information content (AvgIpc) is 3.25. The van der Waals surface area contributed by atoms with Gasteiger partial charge in [-0.3, -0.25) is 10.1 Å². The number of hydrogen-bond donors (Lipinski definition) is 3. The van der Waals surface area contributed by atoms with Gasteiger partial charge in [0.2, 0.25) is 5.69 Å². The number of carbonyl (C=O) groups excluding carboxylic acids is 1. The summed E-state index contributed by atoms with van der Waals surface area (Å²) >= 11 is 0. The van der Waals surface area contributed by atoms with Gasteiger partial charge in [-0.15, -0.1) is 0 Å². The van der Waals surface area contributed by atoms with Crippen LogP contribution in [-0.4, -0.2) is 36.7 Å². The van der Waals surface area contributed by atoms with Crippen molar-refractivity contribution in [2.75, 3.05) is 5.32 Å². The van der Waals surface area contributed by atoms with E-state index in [1.165, 1.54) is 6.33 Å². The van der Waals surface area contributed by atoms with Crippen LogP contribution in [0.2, 0.25) is 0 Å². The zero-order valence-electron chi connectivity index (χ0n) is 17.9. The van der Waals surface area contributed by atoms with Crippen molar-refractivity contribution in [3.8, 4) is 5.69 Å². The van der Waals surface area contributed by atoms with Crippen LogP contribution in [0, 0.1) is 6.92 Å². The molecule has 0 bridgehead atoms. The molecule has 0 radical (unpaired) electrons. The number of rotatable bonds is 5. The number of aromatic amines is 1. The first kappa shape index (κ1) is 23.5. The molecular weight excluding hydrogens is 471 g/mol. The number of aromatic nitrogens is 4. The van der Waals surface area contributed by atoms with E-state index in [-0.39, 0.29) is 17.8 Å². The molecule has 0 unspecified atom stereocenters. The van der Waals surface area contributed by atoms with Crippen LogP contribution in [-0.2, 0) is 17.5 Å². The molecule has 0 aliphatic rings. The van der Waals surface area contributed by atoms with Gasteiger partial charge in [0, 0.05) is 11.9 Å². The van der Waals surface area contributed by atoms with Crippen molar-refractivity contribution in [3.63, 3.8) is 0 Å². The molecule has 3 N–H and O–H groups in total. The first-order valence-corrected chi connectivity index (χ1v) is 9.93. The highest BCUT2D eigenvalue weighted by Gasteiger charge is 2.30. The van der Waals surface area contributed by atoms with Crippen LogP contribution in [0.15, 0.2) is 53.7 Å². The Labute approximate surface area is 194 Å². The molecule has 0 spiro atoms. The summed E-state index contributed by atoms with van der Waals surface area (Å²) in [5.41, 5.74) is 0.157. The Bertz CT molecular complexity index is 1490. The molecule has 0 atom stereocenters. The van der Waals surface area contributed by atoms with Crippen LogP contribution >= 0.6 is 0 Å². The van der Waals surface area contributed by atoms with Crippen molar-refractivity contribution < 1.29 is 32.6 Å². The molecule has 4 rings (SSSR count). The van der Waals surface area contributed by atoms with Crippen molar-refractivity contribution in [3.05, 3.63) is 81.8 Å². The van der Waals surface area contributed by atoms with E-state index < -0.39 is 35.1 Å². The van der Waals surface area contributed by atoms with Crippen LogP contribution in [0.1, 0.15) is 27.3 Å². The minimum Gasteiger partial charge on any atom is -0.476 e. The second-order valence-electron chi connectivity index (χ2n) is 7.42. The Kier molecular flexibility index (Phi) is 5.99. The predicted octanol–water partition coefficient (Wildman–Crippen LogP) is 3.88. The number of carbonyl (C=O) groups is 2. The summed E-state index contributed by atoms with van der Waals surface area (Å²) in [6.45, 7) is 1.55. The highest BCUT2D eigenvalue weighted by atomic mass is 19.4. The summed E-state index contributed by atoms with van der Waals surface area (Å²) in [5, 5.41) is 11.5. The van der Waals surface area contributed by atoms with Gasteiger partial charge in [0.05, 0.1) is 34.3 Å². The lowest BCUT2D eigenvalue weighted by Crippen LogP contribution is -2.20. The third-order valence-corrected chi connectivity index (χ3v) is 4.94. The maximum atomic E-state index is 12.6. The van der Waals surface area contributed by atoms with Gasteiger partial charge in [-0.25, -0.2) is 19.6 Å². The molecule has 0 saturated heterocycles. The van der Waals surface area contributed by atoms with E-state index in [0.29, 0.717) is 16.9 Å². The first-order valence-electron chi connectivity index (χ1n) is 9.93. The van der Waals surface area contributed by atoms with Crippen LogP contribution in [0.3, 0.4) is 0 Å². The van der Waals surface area contributed by atoms with E-state index in [9.17, 15) is 27.6 Å². The highest BCUT2D eigenvalue weighted by Crippen LogP contribution is 2.29. The van der Waals surface area contributed by atoms with Crippen molar-refractivity contribution in [1.29, 1.82) is 0 Å². The van der Waals surface area contributed by atoms with Crippen LogP contribution in [0.5, 0.6) is 0 Å². The maximum absolute atomic E-state index is 12.6. The van der Waals surface area contributed by atoms with Crippen molar-refractivity contribution in [2.45, 2.75) is 19.7 Å². The van der Waals surface area contributed by atoms with Crippen molar-refractivity contribution >= 4 is 28.8 Å². The molecule has 10 nitrogen and oxygen atoms in total. The van der Waals surface area contributed by atoms with E-state index in [4.69, 9.17) is 9.84 Å². The predicted molar refractivity (Wildman–Crippen MR) is 116 cm³/mol. The maximum Gasteiger partial charge on any atom is 0.416 e. The molecule has 4 aromatic rings. The molecule has 2 aromatic heterocycles. The second-order valence-corrected chi connectivity index (χ2v) is 7.42. The third-order valence-electron chi connectivity index (χ3n) is 4.94. The molecule has 0 saturated carbocycles. The zero-order chi connectivity index (χ0) is 25.3. The minimum atomic E-state index is -4.48. The Hall–Kier alpha value is -4.68. The monoisotopic (exact) mass is 487 g/mol. The van der Waals surface area contributed by atoms with Gasteiger partial charge >= 0.3 is 18.2 Å². The molecule has 0 aliphatic heterocycles. The summed E-state index contributed by atoms with van der Waals surface area (Å²) in [5.74, 6) is -1.45. The van der Waals surface area contributed by atoms with Gasteiger partial charge in [0.25, 0.3) is 5.56 Å². The lowest BCUT2D eigenvalue weighted by molar-refractivity contribution is -0.137. The molecule has 0 aliphatic carbocycles. The molecule has 35 heavy (non-hydrogen) atoms. The molecule has 180 valence electrons. The Morgan fingerprint density at radius 3 is 2.57 bits per heavy atom. The number of nitrogens with one attached hydrogen (secondary N) is 2. The lowest BCUT2D eigenvalue weighted by atomic mass is 10.1. The number of carboxylic acids is 1. The van der Waals surface area contributed by atoms with E-state index in [1.54, 1.807) is 29.8 Å². The fraction of sp³-hybridized carbons (Fsp3) is 0.136.